The van der Waals surface area contributed by atoms with Gasteiger partial charge in [-0.15, -0.1) is 0 Å². The van der Waals surface area contributed by atoms with Crippen LogP contribution in [0.15, 0.2) is 0 Å². The standard InChI is InChI=1S/C14H24N4OS/c1-3-8-18(9-4-2)13(19)11-12(15)17-14(20-11)16-10-6-5-7-10/h10H,3-9,15H2,1-2H3,(H,16,17). The van der Waals surface area contributed by atoms with Gasteiger partial charge in [0.1, 0.15) is 10.7 Å². The fourth-order valence-corrected chi connectivity index (χ4v) is 3.20. The fraction of sp³-hybridized carbons (Fsp3) is 0.714. The summed E-state index contributed by atoms with van der Waals surface area (Å²) in [6.45, 7) is 5.70. The first-order valence-electron chi connectivity index (χ1n) is 7.47. The molecule has 1 aliphatic carbocycles. The molecule has 1 aliphatic rings. The van der Waals surface area contributed by atoms with E-state index in [0.717, 1.165) is 31.1 Å². The quantitative estimate of drug-likeness (QED) is 0.811. The molecule has 0 aliphatic heterocycles. The van der Waals surface area contributed by atoms with E-state index >= 15 is 0 Å². The van der Waals surface area contributed by atoms with Crippen LogP contribution in [0.2, 0.25) is 0 Å². The molecule has 6 heteroatoms. The van der Waals surface area contributed by atoms with Crippen molar-refractivity contribution in [1.29, 1.82) is 0 Å². The summed E-state index contributed by atoms with van der Waals surface area (Å²) < 4.78 is 0. The first kappa shape index (κ1) is 15.1. The Morgan fingerprint density at radius 1 is 1.40 bits per heavy atom. The smallest absolute Gasteiger partial charge is 0.267 e. The Bertz CT molecular complexity index is 450. The van der Waals surface area contributed by atoms with Crippen LogP contribution >= 0.6 is 11.3 Å². The van der Waals surface area contributed by atoms with Crippen LogP contribution in [0.25, 0.3) is 0 Å². The summed E-state index contributed by atoms with van der Waals surface area (Å²) in [6.07, 6.45) is 5.54. The summed E-state index contributed by atoms with van der Waals surface area (Å²) in [7, 11) is 0. The molecule has 1 heterocycles. The van der Waals surface area contributed by atoms with Gasteiger partial charge < -0.3 is 16.0 Å². The molecule has 1 fully saturated rings. The molecule has 1 saturated carbocycles. The molecule has 0 unspecified atom stereocenters. The number of carbonyl (C=O) groups is 1. The lowest BCUT2D eigenvalue weighted by Crippen LogP contribution is -2.32. The molecule has 0 radical (unpaired) electrons. The highest BCUT2D eigenvalue weighted by Gasteiger charge is 2.23. The third-order valence-electron chi connectivity index (χ3n) is 3.55. The Labute approximate surface area is 124 Å². The summed E-state index contributed by atoms with van der Waals surface area (Å²) >= 11 is 1.39. The van der Waals surface area contributed by atoms with Gasteiger partial charge in [0.25, 0.3) is 5.91 Å². The summed E-state index contributed by atoms with van der Waals surface area (Å²) in [5.41, 5.74) is 5.92. The number of hydrogen-bond donors (Lipinski definition) is 2. The van der Waals surface area contributed by atoms with E-state index in [1.165, 1.54) is 30.6 Å². The minimum atomic E-state index is 0.0189. The molecule has 5 nitrogen and oxygen atoms in total. The van der Waals surface area contributed by atoms with Crippen LogP contribution in [-0.2, 0) is 0 Å². The predicted molar refractivity (Wildman–Crippen MR) is 84.3 cm³/mol. The summed E-state index contributed by atoms with van der Waals surface area (Å²) in [6, 6.07) is 0.505. The highest BCUT2D eigenvalue weighted by atomic mass is 32.1. The van der Waals surface area contributed by atoms with Crippen LogP contribution in [0.3, 0.4) is 0 Å². The van der Waals surface area contributed by atoms with E-state index in [1.54, 1.807) is 0 Å². The van der Waals surface area contributed by atoms with Crippen molar-refractivity contribution in [2.45, 2.75) is 52.0 Å². The average molecular weight is 296 g/mol. The minimum Gasteiger partial charge on any atom is -0.382 e. The van der Waals surface area contributed by atoms with Crippen LogP contribution in [-0.4, -0.2) is 34.9 Å². The number of nitrogens with one attached hydrogen (secondary N) is 1. The van der Waals surface area contributed by atoms with Gasteiger partial charge >= 0.3 is 0 Å². The first-order chi connectivity index (χ1) is 9.65. The van der Waals surface area contributed by atoms with E-state index in [9.17, 15) is 4.79 Å². The largest absolute Gasteiger partial charge is 0.382 e. The Hall–Kier alpha value is -1.30. The molecule has 1 aromatic heterocycles. The molecule has 0 atom stereocenters. The molecule has 0 saturated heterocycles. The summed E-state index contributed by atoms with van der Waals surface area (Å²) in [5, 5.41) is 4.14. The van der Waals surface area contributed by atoms with Crippen molar-refractivity contribution in [2.24, 2.45) is 0 Å². The van der Waals surface area contributed by atoms with Crippen LogP contribution in [0.1, 0.15) is 55.6 Å². The number of carbonyl (C=O) groups excluding carboxylic acids is 1. The van der Waals surface area contributed by atoms with Gasteiger partial charge in [0.15, 0.2) is 5.13 Å². The number of nitrogens with two attached hydrogens (primary N) is 1. The average Bonchev–Trinajstić information content (AvgIpc) is 2.74. The molecule has 2 rings (SSSR count). The van der Waals surface area contributed by atoms with Gasteiger partial charge in [0.2, 0.25) is 0 Å². The Morgan fingerprint density at radius 2 is 2.05 bits per heavy atom. The fourth-order valence-electron chi connectivity index (χ4n) is 2.27. The number of hydrogen-bond acceptors (Lipinski definition) is 5. The zero-order valence-corrected chi connectivity index (χ0v) is 13.1. The zero-order valence-electron chi connectivity index (χ0n) is 12.3. The second-order valence-electron chi connectivity index (χ2n) is 5.30. The monoisotopic (exact) mass is 296 g/mol. The first-order valence-corrected chi connectivity index (χ1v) is 8.29. The van der Waals surface area contributed by atoms with Crippen LogP contribution in [0, 0.1) is 0 Å². The van der Waals surface area contributed by atoms with Crippen molar-refractivity contribution < 1.29 is 4.79 Å². The summed E-state index contributed by atoms with van der Waals surface area (Å²) in [5.74, 6) is 0.379. The second kappa shape index (κ2) is 6.92. The Balaban J connectivity index is 2.07. The third kappa shape index (κ3) is 3.42. The molecule has 3 N–H and O–H groups in total. The van der Waals surface area contributed by atoms with Crippen LogP contribution in [0.4, 0.5) is 10.9 Å². The number of nitrogen functional groups attached to an aromatic ring is 1. The molecule has 20 heavy (non-hydrogen) atoms. The predicted octanol–water partition coefficient (Wildman–Crippen LogP) is 2.95. The van der Waals surface area contributed by atoms with Crippen molar-refractivity contribution in [3.8, 4) is 0 Å². The van der Waals surface area contributed by atoms with Gasteiger partial charge in [-0.2, -0.15) is 0 Å². The van der Waals surface area contributed by atoms with E-state index in [2.05, 4.69) is 24.1 Å². The van der Waals surface area contributed by atoms with Crippen molar-refractivity contribution >= 4 is 28.2 Å². The van der Waals surface area contributed by atoms with E-state index < -0.39 is 0 Å². The molecule has 112 valence electrons. The molecule has 1 amide bonds. The highest BCUT2D eigenvalue weighted by molar-refractivity contribution is 7.18. The molecule has 0 aromatic carbocycles. The lowest BCUT2D eigenvalue weighted by molar-refractivity contribution is 0.0761. The van der Waals surface area contributed by atoms with Crippen molar-refractivity contribution in [3.63, 3.8) is 0 Å². The normalized spacial score (nSPS) is 14.9. The second-order valence-corrected chi connectivity index (χ2v) is 6.30. The van der Waals surface area contributed by atoms with E-state index in [0.29, 0.717) is 16.7 Å². The third-order valence-corrected chi connectivity index (χ3v) is 4.55. The van der Waals surface area contributed by atoms with E-state index in [4.69, 9.17) is 5.73 Å². The molecule has 0 bridgehead atoms. The van der Waals surface area contributed by atoms with E-state index in [1.807, 2.05) is 4.90 Å². The van der Waals surface area contributed by atoms with Gasteiger partial charge in [-0.05, 0) is 32.1 Å². The lowest BCUT2D eigenvalue weighted by atomic mass is 9.93. The van der Waals surface area contributed by atoms with Crippen LogP contribution < -0.4 is 11.1 Å². The van der Waals surface area contributed by atoms with E-state index in [-0.39, 0.29) is 5.91 Å². The maximum Gasteiger partial charge on any atom is 0.267 e. The topological polar surface area (TPSA) is 71.2 Å². The van der Waals surface area contributed by atoms with Crippen molar-refractivity contribution in [3.05, 3.63) is 4.88 Å². The molecule has 1 aromatic rings. The van der Waals surface area contributed by atoms with Gasteiger partial charge in [-0.1, -0.05) is 25.2 Å². The van der Waals surface area contributed by atoms with Crippen LogP contribution in [0.5, 0.6) is 0 Å². The van der Waals surface area contributed by atoms with Crippen molar-refractivity contribution in [1.82, 2.24) is 9.88 Å². The van der Waals surface area contributed by atoms with Gasteiger partial charge in [0.05, 0.1) is 0 Å². The minimum absolute atomic E-state index is 0.0189. The number of anilines is 2. The number of rotatable bonds is 7. The SMILES string of the molecule is CCCN(CCC)C(=O)c1sc(NC2CCC2)nc1N. The number of aromatic nitrogens is 1. The summed E-state index contributed by atoms with van der Waals surface area (Å²) in [4.78, 5) is 19.3. The maximum atomic E-state index is 12.5. The zero-order chi connectivity index (χ0) is 14.5. The lowest BCUT2D eigenvalue weighted by Gasteiger charge is -2.25. The number of thiazole rings is 1. The maximum absolute atomic E-state index is 12.5. The highest BCUT2D eigenvalue weighted by Crippen LogP contribution is 2.30. The molecular weight excluding hydrogens is 272 g/mol. The molecular formula is C14H24N4OS. The number of nitrogens with zero attached hydrogens (tertiary/aromatic N) is 2. The van der Waals surface area contributed by atoms with Gasteiger partial charge in [-0.3, -0.25) is 4.79 Å². The molecule has 0 spiro atoms. The van der Waals surface area contributed by atoms with Gasteiger partial charge in [-0.25, -0.2) is 4.98 Å². The van der Waals surface area contributed by atoms with Gasteiger partial charge in [0, 0.05) is 19.1 Å². The Kier molecular flexibility index (Phi) is 5.23. The number of amides is 1. The van der Waals surface area contributed by atoms with Crippen molar-refractivity contribution in [2.75, 3.05) is 24.1 Å². The Morgan fingerprint density at radius 3 is 2.55 bits per heavy atom.